The van der Waals surface area contributed by atoms with Crippen molar-refractivity contribution in [1.29, 1.82) is 0 Å². The van der Waals surface area contributed by atoms with Gasteiger partial charge in [-0.25, -0.2) is 4.39 Å². The standard InChI is InChI=1S/C15H26FN3/c1-5-19(12(2)10-18(3)4)11-15(17)13-6-8-14(16)9-7-13/h6-9,12,15H,5,10-11,17H2,1-4H3. The molecular formula is C15H26FN3. The van der Waals surface area contributed by atoms with E-state index in [0.29, 0.717) is 6.04 Å². The minimum Gasteiger partial charge on any atom is -0.323 e. The topological polar surface area (TPSA) is 32.5 Å². The second-order valence-corrected chi connectivity index (χ2v) is 5.36. The molecule has 0 radical (unpaired) electrons. The van der Waals surface area contributed by atoms with Crippen molar-refractivity contribution in [1.82, 2.24) is 9.80 Å². The number of likely N-dealkylation sites (N-methyl/N-ethyl adjacent to an activating group) is 2. The number of nitrogens with two attached hydrogens (primary N) is 1. The molecule has 2 N–H and O–H groups in total. The molecule has 0 aliphatic heterocycles. The first-order valence-corrected chi connectivity index (χ1v) is 6.83. The summed E-state index contributed by atoms with van der Waals surface area (Å²) in [6, 6.07) is 6.84. The first-order chi connectivity index (χ1) is 8.93. The van der Waals surface area contributed by atoms with Gasteiger partial charge in [0, 0.05) is 25.2 Å². The van der Waals surface area contributed by atoms with E-state index in [1.54, 1.807) is 12.1 Å². The third-order valence-electron chi connectivity index (χ3n) is 3.39. The van der Waals surface area contributed by atoms with Crippen LogP contribution in [-0.4, -0.2) is 49.6 Å². The number of hydrogen-bond acceptors (Lipinski definition) is 3. The summed E-state index contributed by atoms with van der Waals surface area (Å²) in [4.78, 5) is 4.53. The van der Waals surface area contributed by atoms with Gasteiger partial charge in [-0.15, -0.1) is 0 Å². The SMILES string of the molecule is CCN(CC(N)c1ccc(F)cc1)C(C)CN(C)C. The fourth-order valence-corrected chi connectivity index (χ4v) is 2.33. The van der Waals surface area contributed by atoms with Crippen LogP contribution in [0, 0.1) is 5.82 Å². The van der Waals surface area contributed by atoms with Gasteiger partial charge in [-0.2, -0.15) is 0 Å². The van der Waals surface area contributed by atoms with Crippen molar-refractivity contribution in [2.24, 2.45) is 5.73 Å². The lowest BCUT2D eigenvalue weighted by Crippen LogP contribution is -2.43. The van der Waals surface area contributed by atoms with E-state index in [2.05, 4.69) is 37.7 Å². The largest absolute Gasteiger partial charge is 0.323 e. The summed E-state index contributed by atoms with van der Waals surface area (Å²) in [5, 5.41) is 0. The van der Waals surface area contributed by atoms with E-state index in [1.165, 1.54) is 12.1 Å². The fraction of sp³-hybridized carbons (Fsp3) is 0.600. The summed E-state index contributed by atoms with van der Waals surface area (Å²) >= 11 is 0. The highest BCUT2D eigenvalue weighted by Crippen LogP contribution is 2.14. The summed E-state index contributed by atoms with van der Waals surface area (Å²) < 4.78 is 12.9. The van der Waals surface area contributed by atoms with Gasteiger partial charge in [0.25, 0.3) is 0 Å². The van der Waals surface area contributed by atoms with Crippen LogP contribution in [0.4, 0.5) is 4.39 Å². The maximum atomic E-state index is 12.9. The van der Waals surface area contributed by atoms with Crippen LogP contribution in [0.2, 0.25) is 0 Å². The summed E-state index contributed by atoms with van der Waals surface area (Å²) in [7, 11) is 4.15. The van der Waals surface area contributed by atoms with E-state index < -0.39 is 0 Å². The highest BCUT2D eigenvalue weighted by molar-refractivity contribution is 5.19. The zero-order valence-corrected chi connectivity index (χ0v) is 12.4. The Bertz CT molecular complexity index is 364. The third-order valence-corrected chi connectivity index (χ3v) is 3.39. The molecule has 3 nitrogen and oxygen atoms in total. The lowest BCUT2D eigenvalue weighted by molar-refractivity contribution is 0.172. The van der Waals surface area contributed by atoms with E-state index in [0.717, 1.165) is 25.2 Å². The predicted molar refractivity (Wildman–Crippen MR) is 78.6 cm³/mol. The van der Waals surface area contributed by atoms with E-state index in [1.807, 2.05) is 0 Å². The smallest absolute Gasteiger partial charge is 0.123 e. The summed E-state index contributed by atoms with van der Waals surface area (Å²) in [5.74, 6) is -0.218. The van der Waals surface area contributed by atoms with Crippen molar-refractivity contribution >= 4 is 0 Å². The highest BCUT2D eigenvalue weighted by atomic mass is 19.1. The van der Waals surface area contributed by atoms with Crippen LogP contribution in [0.25, 0.3) is 0 Å². The van der Waals surface area contributed by atoms with Crippen LogP contribution in [0.3, 0.4) is 0 Å². The molecule has 1 aromatic rings. The zero-order valence-electron chi connectivity index (χ0n) is 12.4. The molecular weight excluding hydrogens is 241 g/mol. The molecule has 1 rings (SSSR count). The van der Waals surface area contributed by atoms with Crippen LogP contribution in [-0.2, 0) is 0 Å². The van der Waals surface area contributed by atoms with E-state index in [9.17, 15) is 4.39 Å². The Kier molecular flexibility index (Phi) is 6.42. The van der Waals surface area contributed by atoms with Gasteiger partial charge in [0.1, 0.15) is 5.82 Å². The van der Waals surface area contributed by atoms with Crippen LogP contribution in [0.1, 0.15) is 25.5 Å². The molecule has 0 aliphatic rings. The molecule has 2 atom stereocenters. The molecule has 0 aromatic heterocycles. The average molecular weight is 267 g/mol. The molecule has 0 spiro atoms. The monoisotopic (exact) mass is 267 g/mol. The second kappa shape index (κ2) is 7.58. The number of nitrogens with zero attached hydrogens (tertiary/aromatic N) is 2. The molecule has 19 heavy (non-hydrogen) atoms. The fourth-order valence-electron chi connectivity index (χ4n) is 2.33. The lowest BCUT2D eigenvalue weighted by Gasteiger charge is -2.32. The maximum absolute atomic E-state index is 12.9. The molecule has 2 unspecified atom stereocenters. The quantitative estimate of drug-likeness (QED) is 0.821. The molecule has 0 saturated carbocycles. The summed E-state index contributed by atoms with van der Waals surface area (Å²) in [5.41, 5.74) is 7.20. The van der Waals surface area contributed by atoms with Gasteiger partial charge in [-0.3, -0.25) is 4.90 Å². The van der Waals surface area contributed by atoms with Gasteiger partial charge in [-0.1, -0.05) is 19.1 Å². The van der Waals surface area contributed by atoms with Crippen molar-refractivity contribution in [2.75, 3.05) is 33.7 Å². The van der Waals surface area contributed by atoms with Gasteiger partial charge in [-0.05, 0) is 45.3 Å². The summed E-state index contributed by atoms with van der Waals surface area (Å²) in [6.45, 7) is 7.11. The number of hydrogen-bond donors (Lipinski definition) is 1. The minimum atomic E-state index is -0.218. The first kappa shape index (κ1) is 16.1. The van der Waals surface area contributed by atoms with E-state index in [4.69, 9.17) is 5.73 Å². The average Bonchev–Trinajstić information content (AvgIpc) is 2.35. The number of rotatable bonds is 7. The van der Waals surface area contributed by atoms with Crippen molar-refractivity contribution in [2.45, 2.75) is 25.9 Å². The Balaban J connectivity index is 2.62. The van der Waals surface area contributed by atoms with Crippen LogP contribution >= 0.6 is 0 Å². The van der Waals surface area contributed by atoms with E-state index >= 15 is 0 Å². The lowest BCUT2D eigenvalue weighted by atomic mass is 10.1. The van der Waals surface area contributed by atoms with Crippen molar-refractivity contribution < 1.29 is 4.39 Å². The van der Waals surface area contributed by atoms with Crippen LogP contribution < -0.4 is 5.73 Å². The van der Waals surface area contributed by atoms with Gasteiger partial charge in [0.15, 0.2) is 0 Å². The normalized spacial score (nSPS) is 14.9. The maximum Gasteiger partial charge on any atom is 0.123 e. The van der Waals surface area contributed by atoms with Crippen molar-refractivity contribution in [3.63, 3.8) is 0 Å². The molecule has 1 aromatic carbocycles. The molecule has 0 amide bonds. The van der Waals surface area contributed by atoms with Gasteiger partial charge >= 0.3 is 0 Å². The van der Waals surface area contributed by atoms with Gasteiger partial charge in [0.05, 0.1) is 0 Å². The first-order valence-electron chi connectivity index (χ1n) is 6.83. The second-order valence-electron chi connectivity index (χ2n) is 5.36. The van der Waals surface area contributed by atoms with Crippen LogP contribution in [0.15, 0.2) is 24.3 Å². The Labute approximate surface area is 116 Å². The predicted octanol–water partition coefficient (Wildman–Crippen LogP) is 2.10. The Morgan fingerprint density at radius 2 is 1.74 bits per heavy atom. The van der Waals surface area contributed by atoms with Gasteiger partial charge < -0.3 is 10.6 Å². The molecule has 4 heteroatoms. The Morgan fingerprint density at radius 3 is 2.21 bits per heavy atom. The molecule has 0 fully saturated rings. The molecule has 0 aliphatic carbocycles. The van der Waals surface area contributed by atoms with E-state index in [-0.39, 0.29) is 11.9 Å². The number of benzene rings is 1. The molecule has 0 saturated heterocycles. The molecule has 0 heterocycles. The third kappa shape index (κ3) is 5.27. The Hall–Kier alpha value is -0.970. The highest BCUT2D eigenvalue weighted by Gasteiger charge is 2.17. The molecule has 0 bridgehead atoms. The zero-order chi connectivity index (χ0) is 14.4. The van der Waals surface area contributed by atoms with Crippen LogP contribution in [0.5, 0.6) is 0 Å². The number of halogens is 1. The van der Waals surface area contributed by atoms with Crippen molar-refractivity contribution in [3.8, 4) is 0 Å². The van der Waals surface area contributed by atoms with Crippen molar-refractivity contribution in [3.05, 3.63) is 35.6 Å². The van der Waals surface area contributed by atoms with Gasteiger partial charge in [0.2, 0.25) is 0 Å². The molecule has 108 valence electrons. The summed E-state index contributed by atoms with van der Waals surface area (Å²) in [6.07, 6.45) is 0. The minimum absolute atomic E-state index is 0.0786. The Morgan fingerprint density at radius 1 is 1.16 bits per heavy atom.